The maximum absolute atomic E-state index is 10.8. The van der Waals surface area contributed by atoms with E-state index in [-0.39, 0.29) is 6.42 Å². The van der Waals surface area contributed by atoms with Gasteiger partial charge in [0.1, 0.15) is 11.1 Å². The Morgan fingerprint density at radius 3 is 3.08 bits per heavy atom. The number of methoxy groups -OCH3 is 1. The molecule has 0 aliphatic heterocycles. The fraction of sp³-hybridized carbons (Fsp3) is 0.429. The minimum absolute atomic E-state index is 0.0591. The van der Waals surface area contributed by atoms with Crippen LogP contribution in [0, 0.1) is 0 Å². The molecule has 0 saturated carbocycles. The van der Waals surface area contributed by atoms with Gasteiger partial charge in [-0.1, -0.05) is 0 Å². The number of ether oxygens (including phenoxy) is 1. The van der Waals surface area contributed by atoms with Crippen LogP contribution in [0.15, 0.2) is 9.98 Å². The average Bonchev–Trinajstić information content (AvgIpc) is 2.51. The molecule has 1 aromatic heterocycles. The molecule has 6 heteroatoms. The highest BCUT2D eigenvalue weighted by atomic mass is 79.9. The quantitative estimate of drug-likeness (QED) is 0.842. The average molecular weight is 266 g/mol. The van der Waals surface area contributed by atoms with Crippen LogP contribution in [0.3, 0.4) is 0 Å². The summed E-state index contributed by atoms with van der Waals surface area (Å²) in [6, 6.07) is 0. The number of hydrogen-bond acceptors (Lipinski definition) is 5. The van der Waals surface area contributed by atoms with E-state index in [1.165, 1.54) is 18.4 Å². The zero-order chi connectivity index (χ0) is 9.84. The molecule has 1 atom stereocenters. The number of aromatic nitrogens is 1. The molecule has 72 valence electrons. The van der Waals surface area contributed by atoms with Crippen molar-refractivity contribution >= 4 is 33.2 Å². The van der Waals surface area contributed by atoms with Crippen molar-refractivity contribution in [3.05, 3.63) is 15.0 Å². The molecule has 1 unspecified atom stereocenters. The Labute approximate surface area is 87.7 Å². The molecule has 0 aliphatic carbocycles. The van der Waals surface area contributed by atoms with Crippen LogP contribution in [-0.2, 0) is 9.53 Å². The third-order valence-electron chi connectivity index (χ3n) is 1.37. The van der Waals surface area contributed by atoms with Gasteiger partial charge in [-0.05, 0) is 15.9 Å². The van der Waals surface area contributed by atoms with E-state index in [0.29, 0.717) is 5.01 Å². The standard InChI is InChI=1S/C7H8BrNO3S/c1-12-6(11)2-4(10)7-9-3-5(8)13-7/h3-4,10H,2H2,1H3. The van der Waals surface area contributed by atoms with E-state index >= 15 is 0 Å². The molecular weight excluding hydrogens is 258 g/mol. The number of thiazole rings is 1. The summed E-state index contributed by atoms with van der Waals surface area (Å²) in [6.07, 6.45) is 0.653. The van der Waals surface area contributed by atoms with Crippen LogP contribution in [0.5, 0.6) is 0 Å². The van der Waals surface area contributed by atoms with Gasteiger partial charge in [-0.25, -0.2) is 4.98 Å². The number of aliphatic hydroxyl groups excluding tert-OH is 1. The first-order chi connectivity index (χ1) is 6.13. The first-order valence-electron chi connectivity index (χ1n) is 3.49. The number of hydrogen-bond donors (Lipinski definition) is 1. The second kappa shape index (κ2) is 4.69. The van der Waals surface area contributed by atoms with Gasteiger partial charge >= 0.3 is 5.97 Å². The normalized spacial score (nSPS) is 12.5. The lowest BCUT2D eigenvalue weighted by Gasteiger charge is -2.04. The van der Waals surface area contributed by atoms with Gasteiger partial charge in [0.05, 0.1) is 23.5 Å². The van der Waals surface area contributed by atoms with Crippen molar-refractivity contribution in [2.24, 2.45) is 0 Å². The van der Waals surface area contributed by atoms with Gasteiger partial charge in [-0.2, -0.15) is 0 Å². The highest BCUT2D eigenvalue weighted by Crippen LogP contribution is 2.26. The molecule has 0 bridgehead atoms. The van der Waals surface area contributed by atoms with Gasteiger partial charge in [-0.3, -0.25) is 4.79 Å². The van der Waals surface area contributed by atoms with Crippen LogP contribution in [0.4, 0.5) is 0 Å². The summed E-state index contributed by atoms with van der Waals surface area (Å²) >= 11 is 4.51. The third-order valence-corrected chi connectivity index (χ3v) is 2.95. The van der Waals surface area contributed by atoms with Crippen molar-refractivity contribution in [1.82, 2.24) is 4.98 Å². The highest BCUT2D eigenvalue weighted by Gasteiger charge is 2.16. The van der Waals surface area contributed by atoms with Crippen LogP contribution in [0.1, 0.15) is 17.5 Å². The van der Waals surface area contributed by atoms with Gasteiger partial charge < -0.3 is 9.84 Å². The second-order valence-corrected chi connectivity index (χ2v) is 4.74. The van der Waals surface area contributed by atoms with E-state index in [9.17, 15) is 9.90 Å². The predicted molar refractivity (Wildman–Crippen MR) is 51.4 cm³/mol. The smallest absolute Gasteiger partial charge is 0.308 e. The van der Waals surface area contributed by atoms with E-state index < -0.39 is 12.1 Å². The second-order valence-electron chi connectivity index (χ2n) is 2.30. The summed E-state index contributed by atoms with van der Waals surface area (Å²) < 4.78 is 5.24. The third kappa shape index (κ3) is 3.06. The summed E-state index contributed by atoms with van der Waals surface area (Å²) in [6.45, 7) is 0. The number of rotatable bonds is 3. The van der Waals surface area contributed by atoms with Crippen molar-refractivity contribution in [3.8, 4) is 0 Å². The Morgan fingerprint density at radius 1 is 1.92 bits per heavy atom. The largest absolute Gasteiger partial charge is 0.469 e. The van der Waals surface area contributed by atoms with Crippen molar-refractivity contribution in [2.75, 3.05) is 7.11 Å². The van der Waals surface area contributed by atoms with Gasteiger partial charge in [0.2, 0.25) is 0 Å². The molecule has 0 fully saturated rings. The first-order valence-corrected chi connectivity index (χ1v) is 5.10. The van der Waals surface area contributed by atoms with Gasteiger partial charge in [0, 0.05) is 0 Å². The molecule has 13 heavy (non-hydrogen) atoms. The van der Waals surface area contributed by atoms with Crippen LogP contribution in [0.25, 0.3) is 0 Å². The number of esters is 1. The number of nitrogens with zero attached hydrogens (tertiary/aromatic N) is 1. The van der Waals surface area contributed by atoms with Crippen LogP contribution in [-0.4, -0.2) is 23.2 Å². The molecule has 0 aromatic carbocycles. The minimum atomic E-state index is -0.872. The zero-order valence-corrected chi connectivity index (χ0v) is 9.26. The number of carbonyl (C=O) groups is 1. The van der Waals surface area contributed by atoms with Crippen molar-refractivity contribution in [3.63, 3.8) is 0 Å². The lowest BCUT2D eigenvalue weighted by atomic mass is 10.3. The highest BCUT2D eigenvalue weighted by molar-refractivity contribution is 9.11. The molecule has 1 heterocycles. The first kappa shape index (κ1) is 10.6. The fourth-order valence-corrected chi connectivity index (χ4v) is 1.98. The topological polar surface area (TPSA) is 59.4 Å². The molecule has 1 N–H and O–H groups in total. The van der Waals surface area contributed by atoms with Crippen molar-refractivity contribution in [2.45, 2.75) is 12.5 Å². The summed E-state index contributed by atoms with van der Waals surface area (Å²) in [5.74, 6) is -0.446. The summed E-state index contributed by atoms with van der Waals surface area (Å²) in [5.41, 5.74) is 0. The number of carbonyl (C=O) groups excluding carboxylic acids is 1. The molecule has 0 spiro atoms. The Morgan fingerprint density at radius 2 is 2.62 bits per heavy atom. The van der Waals surface area contributed by atoms with E-state index in [1.54, 1.807) is 6.20 Å². The van der Waals surface area contributed by atoms with Crippen molar-refractivity contribution in [1.29, 1.82) is 0 Å². The Kier molecular flexibility index (Phi) is 3.83. The van der Waals surface area contributed by atoms with Gasteiger partial charge in [0.15, 0.2) is 0 Å². The maximum Gasteiger partial charge on any atom is 0.308 e. The molecule has 0 saturated heterocycles. The lowest BCUT2D eigenvalue weighted by molar-refractivity contribution is -0.142. The summed E-state index contributed by atoms with van der Waals surface area (Å²) in [5, 5.41) is 9.97. The predicted octanol–water partition coefficient (Wildman–Crippen LogP) is 1.50. The Bertz CT molecular complexity index is 302. The molecule has 0 aliphatic rings. The van der Waals surface area contributed by atoms with Crippen LogP contribution >= 0.6 is 27.3 Å². The monoisotopic (exact) mass is 265 g/mol. The summed E-state index contributed by atoms with van der Waals surface area (Å²) in [7, 11) is 1.28. The van der Waals surface area contributed by atoms with Gasteiger partial charge in [-0.15, -0.1) is 11.3 Å². The Balaban J connectivity index is 2.58. The lowest BCUT2D eigenvalue weighted by Crippen LogP contribution is -2.07. The molecule has 0 radical (unpaired) electrons. The van der Waals surface area contributed by atoms with E-state index in [0.717, 1.165) is 3.79 Å². The van der Waals surface area contributed by atoms with Crippen molar-refractivity contribution < 1.29 is 14.6 Å². The molecule has 4 nitrogen and oxygen atoms in total. The maximum atomic E-state index is 10.8. The van der Waals surface area contributed by atoms with E-state index in [4.69, 9.17) is 0 Å². The van der Waals surface area contributed by atoms with Gasteiger partial charge in [0.25, 0.3) is 0 Å². The zero-order valence-electron chi connectivity index (χ0n) is 6.86. The number of aliphatic hydroxyl groups is 1. The minimum Gasteiger partial charge on any atom is -0.469 e. The van der Waals surface area contributed by atoms with Crippen LogP contribution in [0.2, 0.25) is 0 Å². The molecular formula is C7H8BrNO3S. The summed E-state index contributed by atoms with van der Waals surface area (Å²) in [4.78, 5) is 14.7. The van der Waals surface area contributed by atoms with E-state index in [2.05, 4.69) is 25.7 Å². The molecule has 1 rings (SSSR count). The fourth-order valence-electron chi connectivity index (χ4n) is 0.750. The SMILES string of the molecule is COC(=O)CC(O)c1ncc(Br)s1. The molecule has 1 aromatic rings. The molecule has 0 amide bonds. The van der Waals surface area contributed by atoms with Crippen LogP contribution < -0.4 is 0 Å². The van der Waals surface area contributed by atoms with E-state index in [1.807, 2.05) is 0 Å². The number of halogens is 1. The Hall–Kier alpha value is -0.460.